The van der Waals surface area contributed by atoms with Gasteiger partial charge in [-0.05, 0) is 18.6 Å². The lowest BCUT2D eigenvalue weighted by atomic mass is 10.1. The molecule has 0 aliphatic carbocycles. The number of hydrogen-bond donors (Lipinski definition) is 3. The van der Waals surface area contributed by atoms with Crippen molar-refractivity contribution in [3.05, 3.63) is 40.4 Å². The van der Waals surface area contributed by atoms with Gasteiger partial charge in [0, 0.05) is 19.4 Å². The first-order valence-electron chi connectivity index (χ1n) is 7.45. The van der Waals surface area contributed by atoms with E-state index in [4.69, 9.17) is 5.11 Å². The lowest BCUT2D eigenvalue weighted by Gasteiger charge is -2.08. The second-order valence-corrected chi connectivity index (χ2v) is 5.43. The summed E-state index contributed by atoms with van der Waals surface area (Å²) in [4.78, 5) is 41.3. The van der Waals surface area contributed by atoms with Gasteiger partial charge in [0.15, 0.2) is 0 Å². The van der Waals surface area contributed by atoms with Gasteiger partial charge >= 0.3 is 5.97 Å². The highest BCUT2D eigenvalue weighted by Crippen LogP contribution is 2.07. The van der Waals surface area contributed by atoms with E-state index in [1.807, 2.05) is 6.07 Å². The molecule has 0 aliphatic rings. The van der Waals surface area contributed by atoms with Crippen LogP contribution in [0.3, 0.4) is 0 Å². The maximum Gasteiger partial charge on any atom is 0.308 e. The molecule has 0 saturated carbocycles. The predicted molar refractivity (Wildman–Crippen MR) is 85.1 cm³/mol. The van der Waals surface area contributed by atoms with Gasteiger partial charge in [0.25, 0.3) is 5.56 Å². The molecule has 122 valence electrons. The van der Waals surface area contributed by atoms with Crippen molar-refractivity contribution in [2.75, 3.05) is 6.54 Å². The standard InChI is InChI=1S/C16H19N3O4/c1-10(16(22)23)9-17-14(20)8-4-7-13-18-12-6-3-2-5-11(12)15(21)19-13/h2-3,5-6,10H,4,7-9H2,1H3,(H,17,20)(H,22,23)(H,18,19,21). The van der Waals surface area contributed by atoms with Crippen LogP contribution in [0.25, 0.3) is 10.9 Å². The topological polar surface area (TPSA) is 112 Å². The fourth-order valence-corrected chi connectivity index (χ4v) is 2.11. The number of carbonyl (C=O) groups excluding carboxylic acids is 1. The number of aliphatic carboxylic acids is 1. The van der Waals surface area contributed by atoms with Crippen LogP contribution in [0.2, 0.25) is 0 Å². The fraction of sp³-hybridized carbons (Fsp3) is 0.375. The number of amides is 1. The minimum Gasteiger partial charge on any atom is -0.481 e. The number of carboxylic acids is 1. The second-order valence-electron chi connectivity index (χ2n) is 5.43. The molecular weight excluding hydrogens is 298 g/mol. The summed E-state index contributed by atoms with van der Waals surface area (Å²) in [6.07, 6.45) is 1.25. The van der Waals surface area contributed by atoms with Crippen LogP contribution in [0, 0.1) is 5.92 Å². The van der Waals surface area contributed by atoms with Crippen LogP contribution >= 0.6 is 0 Å². The molecule has 1 aromatic heterocycles. The summed E-state index contributed by atoms with van der Waals surface area (Å²) in [6.45, 7) is 1.64. The number of nitrogens with zero attached hydrogens (tertiary/aromatic N) is 1. The number of aryl methyl sites for hydroxylation is 1. The number of para-hydroxylation sites is 1. The zero-order chi connectivity index (χ0) is 16.8. The van der Waals surface area contributed by atoms with Crippen molar-refractivity contribution in [3.8, 4) is 0 Å². The molecule has 0 saturated heterocycles. The molecule has 3 N–H and O–H groups in total. The van der Waals surface area contributed by atoms with E-state index in [1.54, 1.807) is 18.2 Å². The molecule has 0 fully saturated rings. The quantitative estimate of drug-likeness (QED) is 0.707. The van der Waals surface area contributed by atoms with E-state index in [0.717, 1.165) is 0 Å². The molecular formula is C16H19N3O4. The molecule has 0 spiro atoms. The Morgan fingerprint density at radius 3 is 2.83 bits per heavy atom. The van der Waals surface area contributed by atoms with Crippen molar-refractivity contribution < 1.29 is 14.7 Å². The van der Waals surface area contributed by atoms with Crippen LogP contribution in [0.5, 0.6) is 0 Å². The smallest absolute Gasteiger partial charge is 0.308 e. The lowest BCUT2D eigenvalue weighted by molar-refractivity contribution is -0.141. The highest BCUT2D eigenvalue weighted by Gasteiger charge is 2.12. The number of rotatable bonds is 7. The van der Waals surface area contributed by atoms with Crippen molar-refractivity contribution in [3.63, 3.8) is 0 Å². The maximum absolute atomic E-state index is 11.9. The van der Waals surface area contributed by atoms with E-state index < -0.39 is 11.9 Å². The number of carbonyl (C=O) groups is 2. The third-order valence-electron chi connectivity index (χ3n) is 3.51. The highest BCUT2D eigenvalue weighted by atomic mass is 16.4. The Kier molecular flexibility index (Phi) is 5.46. The van der Waals surface area contributed by atoms with Crippen molar-refractivity contribution >= 4 is 22.8 Å². The molecule has 23 heavy (non-hydrogen) atoms. The first-order valence-corrected chi connectivity index (χ1v) is 7.45. The van der Waals surface area contributed by atoms with Gasteiger partial charge in [-0.2, -0.15) is 0 Å². The van der Waals surface area contributed by atoms with Gasteiger partial charge in [-0.1, -0.05) is 19.1 Å². The van der Waals surface area contributed by atoms with Crippen LogP contribution < -0.4 is 10.9 Å². The monoisotopic (exact) mass is 317 g/mol. The number of aromatic nitrogens is 2. The van der Waals surface area contributed by atoms with Crippen LogP contribution in [0.4, 0.5) is 0 Å². The fourth-order valence-electron chi connectivity index (χ4n) is 2.11. The van der Waals surface area contributed by atoms with Crippen LogP contribution in [-0.2, 0) is 16.0 Å². The summed E-state index contributed by atoms with van der Waals surface area (Å²) in [5.74, 6) is -1.22. The number of nitrogens with one attached hydrogen (secondary N) is 2. The first-order chi connectivity index (χ1) is 11.0. The molecule has 1 atom stereocenters. The van der Waals surface area contributed by atoms with Gasteiger partial charge in [0.2, 0.25) is 5.91 Å². The summed E-state index contributed by atoms with van der Waals surface area (Å²) in [5, 5.41) is 11.9. The summed E-state index contributed by atoms with van der Waals surface area (Å²) in [6, 6.07) is 7.08. The molecule has 2 aromatic rings. The van der Waals surface area contributed by atoms with E-state index in [2.05, 4.69) is 15.3 Å². The van der Waals surface area contributed by atoms with Crippen molar-refractivity contribution in [1.82, 2.24) is 15.3 Å². The largest absolute Gasteiger partial charge is 0.481 e. The summed E-state index contributed by atoms with van der Waals surface area (Å²) < 4.78 is 0. The zero-order valence-corrected chi connectivity index (χ0v) is 12.8. The molecule has 2 rings (SSSR count). The minimum atomic E-state index is -0.941. The number of hydrogen-bond acceptors (Lipinski definition) is 4. The molecule has 7 heteroatoms. The number of aromatic amines is 1. The predicted octanol–water partition coefficient (Wildman–Crippen LogP) is 1.08. The Morgan fingerprint density at radius 2 is 2.09 bits per heavy atom. The Labute approximate surface area is 132 Å². The molecule has 1 amide bonds. The molecule has 1 heterocycles. The lowest BCUT2D eigenvalue weighted by Crippen LogP contribution is -2.31. The highest BCUT2D eigenvalue weighted by molar-refractivity contribution is 5.78. The summed E-state index contributed by atoms with van der Waals surface area (Å²) in [5.41, 5.74) is 0.441. The van der Waals surface area contributed by atoms with E-state index in [9.17, 15) is 14.4 Å². The Balaban J connectivity index is 1.86. The second kappa shape index (κ2) is 7.53. The SMILES string of the molecule is CC(CNC(=O)CCCc1nc2ccccc2c(=O)[nH]1)C(=O)O. The van der Waals surface area contributed by atoms with Gasteiger partial charge in [0.05, 0.1) is 16.8 Å². The van der Waals surface area contributed by atoms with Gasteiger partial charge < -0.3 is 15.4 Å². The zero-order valence-electron chi connectivity index (χ0n) is 12.8. The summed E-state index contributed by atoms with van der Waals surface area (Å²) >= 11 is 0. The molecule has 0 bridgehead atoms. The average molecular weight is 317 g/mol. The Bertz CT molecular complexity index is 769. The van der Waals surface area contributed by atoms with Crippen LogP contribution in [0.1, 0.15) is 25.6 Å². The van der Waals surface area contributed by atoms with Gasteiger partial charge in [-0.15, -0.1) is 0 Å². The molecule has 1 aromatic carbocycles. The van der Waals surface area contributed by atoms with Gasteiger partial charge in [-0.25, -0.2) is 4.98 Å². The molecule has 0 radical (unpaired) electrons. The number of fused-ring (bicyclic) bond motifs is 1. The van der Waals surface area contributed by atoms with Crippen molar-refractivity contribution in [2.45, 2.75) is 26.2 Å². The minimum absolute atomic E-state index is 0.110. The van der Waals surface area contributed by atoms with Crippen LogP contribution in [-0.4, -0.2) is 33.5 Å². The average Bonchev–Trinajstić information content (AvgIpc) is 2.52. The van der Waals surface area contributed by atoms with E-state index in [-0.39, 0.29) is 24.4 Å². The van der Waals surface area contributed by atoms with Gasteiger partial charge in [0.1, 0.15) is 5.82 Å². The normalized spacial score (nSPS) is 12.0. The van der Waals surface area contributed by atoms with Gasteiger partial charge in [-0.3, -0.25) is 14.4 Å². The molecule has 7 nitrogen and oxygen atoms in total. The number of benzene rings is 1. The molecule has 0 aliphatic heterocycles. The van der Waals surface area contributed by atoms with Crippen LogP contribution in [0.15, 0.2) is 29.1 Å². The van der Waals surface area contributed by atoms with E-state index in [0.29, 0.717) is 29.6 Å². The van der Waals surface area contributed by atoms with Crippen molar-refractivity contribution in [1.29, 1.82) is 0 Å². The molecule has 1 unspecified atom stereocenters. The Hall–Kier alpha value is -2.70. The number of H-pyrrole nitrogens is 1. The third-order valence-corrected chi connectivity index (χ3v) is 3.51. The first kappa shape index (κ1) is 16.7. The third kappa shape index (κ3) is 4.64. The van der Waals surface area contributed by atoms with E-state index >= 15 is 0 Å². The van der Waals surface area contributed by atoms with Crippen molar-refractivity contribution in [2.24, 2.45) is 5.92 Å². The number of carboxylic acid groups (broad SMARTS) is 1. The van der Waals surface area contributed by atoms with E-state index in [1.165, 1.54) is 6.92 Å². The maximum atomic E-state index is 11.9. The summed E-state index contributed by atoms with van der Waals surface area (Å²) in [7, 11) is 0. The Morgan fingerprint density at radius 1 is 1.35 bits per heavy atom.